The minimum Gasteiger partial charge on any atom is -0.464 e. The van der Waals surface area contributed by atoms with E-state index in [2.05, 4.69) is 49.9 Å². The maximum atomic E-state index is 11.5. The molecular formula is C19H21N5O2S. The van der Waals surface area contributed by atoms with Crippen LogP contribution in [0.4, 0.5) is 10.9 Å². The number of esters is 1. The molecule has 0 unspecified atom stereocenters. The van der Waals surface area contributed by atoms with E-state index in [1.807, 2.05) is 6.07 Å². The van der Waals surface area contributed by atoms with Gasteiger partial charge in [0.1, 0.15) is 0 Å². The van der Waals surface area contributed by atoms with Gasteiger partial charge in [-0.05, 0) is 36.2 Å². The second-order valence-corrected chi connectivity index (χ2v) is 7.40. The summed E-state index contributed by atoms with van der Waals surface area (Å²) in [5.41, 5.74) is 2.64. The molecule has 4 rings (SSSR count). The van der Waals surface area contributed by atoms with E-state index in [4.69, 9.17) is 4.98 Å². The first-order valence-corrected chi connectivity index (χ1v) is 9.81. The number of hydrogen-bond acceptors (Lipinski definition) is 8. The van der Waals surface area contributed by atoms with Crippen LogP contribution in [0.25, 0.3) is 10.2 Å². The van der Waals surface area contributed by atoms with Crippen LogP contribution in [0.1, 0.15) is 23.0 Å². The van der Waals surface area contributed by atoms with Crippen molar-refractivity contribution in [2.75, 3.05) is 43.1 Å². The molecule has 0 radical (unpaired) electrons. The molecule has 0 saturated carbocycles. The number of aromatic nitrogens is 3. The van der Waals surface area contributed by atoms with Crippen LogP contribution >= 0.6 is 11.3 Å². The van der Waals surface area contributed by atoms with Gasteiger partial charge < -0.3 is 14.5 Å². The lowest BCUT2D eigenvalue weighted by molar-refractivity contribution is 0.0592. The van der Waals surface area contributed by atoms with Gasteiger partial charge in [0, 0.05) is 26.2 Å². The van der Waals surface area contributed by atoms with Gasteiger partial charge in [-0.1, -0.05) is 24.3 Å². The van der Waals surface area contributed by atoms with Crippen LogP contribution in [0.15, 0.2) is 30.3 Å². The Morgan fingerprint density at radius 2 is 1.89 bits per heavy atom. The zero-order valence-electron chi connectivity index (χ0n) is 15.4. The molecule has 0 spiro atoms. The molecule has 140 valence electrons. The van der Waals surface area contributed by atoms with E-state index in [1.54, 1.807) is 17.4 Å². The second kappa shape index (κ2) is 7.48. The molecule has 0 N–H and O–H groups in total. The summed E-state index contributed by atoms with van der Waals surface area (Å²) >= 11 is 1.75. The van der Waals surface area contributed by atoms with Crippen molar-refractivity contribution in [2.45, 2.75) is 13.3 Å². The fourth-order valence-corrected chi connectivity index (χ4v) is 4.23. The minimum absolute atomic E-state index is 0.223. The Balaban J connectivity index is 1.43. The predicted molar refractivity (Wildman–Crippen MR) is 107 cm³/mol. The van der Waals surface area contributed by atoms with Crippen molar-refractivity contribution < 1.29 is 9.53 Å². The lowest BCUT2D eigenvalue weighted by Gasteiger charge is -2.34. The first-order chi connectivity index (χ1) is 13.2. The third kappa shape index (κ3) is 3.57. The van der Waals surface area contributed by atoms with Crippen molar-refractivity contribution >= 4 is 38.5 Å². The molecule has 8 heteroatoms. The summed E-state index contributed by atoms with van der Waals surface area (Å²) in [4.78, 5) is 20.8. The van der Waals surface area contributed by atoms with Crippen molar-refractivity contribution in [3.8, 4) is 0 Å². The Bertz CT molecular complexity index is 948. The van der Waals surface area contributed by atoms with Crippen LogP contribution in [0, 0.1) is 0 Å². The van der Waals surface area contributed by atoms with Crippen molar-refractivity contribution in [3.05, 3.63) is 41.6 Å². The molecule has 0 aliphatic carbocycles. The van der Waals surface area contributed by atoms with Crippen LogP contribution in [0.3, 0.4) is 0 Å². The fraction of sp³-hybridized carbons (Fsp3) is 0.368. The quantitative estimate of drug-likeness (QED) is 0.642. The SMILES string of the molecule is CCc1ccc2nc(N3CCN(c4ccc(C(=O)OC)nn4)CC3)sc2c1. The molecule has 1 aromatic carbocycles. The van der Waals surface area contributed by atoms with Gasteiger partial charge in [-0.25, -0.2) is 9.78 Å². The summed E-state index contributed by atoms with van der Waals surface area (Å²) in [5.74, 6) is 0.306. The fourth-order valence-electron chi connectivity index (χ4n) is 3.15. The van der Waals surface area contributed by atoms with E-state index in [0.717, 1.165) is 49.1 Å². The number of rotatable bonds is 4. The third-order valence-corrected chi connectivity index (χ3v) is 5.85. The number of piperazine rings is 1. The van der Waals surface area contributed by atoms with Crippen molar-refractivity contribution in [3.63, 3.8) is 0 Å². The first-order valence-electron chi connectivity index (χ1n) is 8.99. The molecule has 1 fully saturated rings. The number of hydrogen-bond donors (Lipinski definition) is 0. The standard InChI is InChI=1S/C19H21N5O2S/c1-3-13-4-5-14-16(12-13)27-19(20-14)24-10-8-23(9-11-24)17-7-6-15(21-22-17)18(25)26-2/h4-7,12H,3,8-11H2,1-2H3. The number of carbonyl (C=O) groups is 1. The van der Waals surface area contributed by atoms with E-state index in [9.17, 15) is 4.79 Å². The Hall–Kier alpha value is -2.74. The number of nitrogens with zero attached hydrogens (tertiary/aromatic N) is 5. The number of methoxy groups -OCH3 is 1. The molecule has 27 heavy (non-hydrogen) atoms. The molecule has 1 aliphatic rings. The van der Waals surface area contributed by atoms with Crippen molar-refractivity contribution in [1.82, 2.24) is 15.2 Å². The van der Waals surface area contributed by atoms with Gasteiger partial charge >= 0.3 is 5.97 Å². The summed E-state index contributed by atoms with van der Waals surface area (Å²) in [6.07, 6.45) is 1.04. The summed E-state index contributed by atoms with van der Waals surface area (Å²) in [5, 5.41) is 9.20. The molecule has 3 heterocycles. The van der Waals surface area contributed by atoms with Gasteiger partial charge in [0.15, 0.2) is 16.6 Å². The maximum Gasteiger partial charge on any atom is 0.358 e. The highest BCUT2D eigenvalue weighted by molar-refractivity contribution is 7.22. The average Bonchev–Trinajstić information content (AvgIpc) is 3.16. The largest absolute Gasteiger partial charge is 0.464 e. The lowest BCUT2D eigenvalue weighted by Crippen LogP contribution is -2.46. The molecular weight excluding hydrogens is 362 g/mol. The van der Waals surface area contributed by atoms with Crippen LogP contribution in [0.2, 0.25) is 0 Å². The normalized spacial score (nSPS) is 14.6. The molecule has 3 aromatic rings. The molecule has 0 amide bonds. The van der Waals surface area contributed by atoms with Gasteiger partial charge in [0.2, 0.25) is 0 Å². The van der Waals surface area contributed by atoms with Crippen molar-refractivity contribution in [1.29, 1.82) is 0 Å². The van der Waals surface area contributed by atoms with Crippen LogP contribution < -0.4 is 9.80 Å². The van der Waals surface area contributed by atoms with Crippen LogP contribution in [-0.2, 0) is 11.2 Å². The van der Waals surface area contributed by atoms with Gasteiger partial charge in [-0.3, -0.25) is 0 Å². The van der Waals surface area contributed by atoms with Gasteiger partial charge in [0.05, 0.1) is 17.3 Å². The van der Waals surface area contributed by atoms with Crippen LogP contribution in [0.5, 0.6) is 0 Å². The molecule has 0 bridgehead atoms. The van der Waals surface area contributed by atoms with Gasteiger partial charge in [0.25, 0.3) is 0 Å². The summed E-state index contributed by atoms with van der Waals surface area (Å²) in [7, 11) is 1.34. The zero-order valence-corrected chi connectivity index (χ0v) is 16.2. The van der Waals surface area contributed by atoms with Crippen LogP contribution in [-0.4, -0.2) is 54.4 Å². The summed E-state index contributed by atoms with van der Waals surface area (Å²) in [6, 6.07) is 9.98. The predicted octanol–water partition coefficient (Wildman–Crippen LogP) is 2.76. The Labute approximate surface area is 161 Å². The second-order valence-electron chi connectivity index (χ2n) is 6.39. The van der Waals surface area contributed by atoms with E-state index in [1.165, 1.54) is 17.4 Å². The van der Waals surface area contributed by atoms with Crippen molar-refractivity contribution in [2.24, 2.45) is 0 Å². The molecule has 1 saturated heterocycles. The number of ether oxygens (including phenoxy) is 1. The van der Waals surface area contributed by atoms with E-state index in [0.29, 0.717) is 0 Å². The number of benzene rings is 1. The Morgan fingerprint density at radius 3 is 2.56 bits per heavy atom. The number of thiazole rings is 1. The van der Waals surface area contributed by atoms with Gasteiger partial charge in [-0.2, -0.15) is 0 Å². The number of fused-ring (bicyclic) bond motifs is 1. The highest BCUT2D eigenvalue weighted by atomic mass is 32.1. The minimum atomic E-state index is -0.471. The molecule has 0 atom stereocenters. The molecule has 2 aromatic heterocycles. The highest BCUT2D eigenvalue weighted by Crippen LogP contribution is 2.30. The van der Waals surface area contributed by atoms with E-state index >= 15 is 0 Å². The monoisotopic (exact) mass is 383 g/mol. The van der Waals surface area contributed by atoms with E-state index < -0.39 is 5.97 Å². The maximum absolute atomic E-state index is 11.5. The van der Waals surface area contributed by atoms with Gasteiger partial charge in [-0.15, -0.1) is 10.2 Å². The highest BCUT2D eigenvalue weighted by Gasteiger charge is 2.21. The Morgan fingerprint density at radius 1 is 1.11 bits per heavy atom. The van der Waals surface area contributed by atoms with E-state index in [-0.39, 0.29) is 5.69 Å². The third-order valence-electron chi connectivity index (χ3n) is 4.77. The first kappa shape index (κ1) is 17.7. The Kier molecular flexibility index (Phi) is 4.89. The molecule has 7 nitrogen and oxygen atoms in total. The average molecular weight is 383 g/mol. The smallest absolute Gasteiger partial charge is 0.358 e. The topological polar surface area (TPSA) is 71.5 Å². The number of carbonyl (C=O) groups excluding carboxylic acids is 1. The number of anilines is 2. The molecule has 1 aliphatic heterocycles. The summed E-state index contributed by atoms with van der Waals surface area (Å²) < 4.78 is 5.90. The number of aryl methyl sites for hydroxylation is 1. The lowest BCUT2D eigenvalue weighted by atomic mass is 10.2. The zero-order chi connectivity index (χ0) is 18.8. The summed E-state index contributed by atoms with van der Waals surface area (Å²) in [6.45, 7) is 5.59.